The number of rotatable bonds is 2. The maximum Gasteiger partial charge on any atom is 0.241 e. The number of halogens is 1. The van der Waals surface area contributed by atoms with E-state index < -0.39 is 0 Å². The monoisotopic (exact) mass is 282 g/mol. The van der Waals surface area contributed by atoms with Crippen molar-refractivity contribution >= 4 is 46.0 Å². The first kappa shape index (κ1) is 11.8. The Kier molecular flexibility index (Phi) is 3.15. The SMILES string of the molecule is O=C(Nc1c(Cl)ccc2nsnc12)[C@@H]1CCCN1. The Balaban J connectivity index is 1.91. The Morgan fingerprint density at radius 2 is 2.39 bits per heavy atom. The Labute approximate surface area is 113 Å². The lowest BCUT2D eigenvalue weighted by Crippen LogP contribution is -2.35. The summed E-state index contributed by atoms with van der Waals surface area (Å²) < 4.78 is 8.30. The van der Waals surface area contributed by atoms with Gasteiger partial charge in [0, 0.05) is 0 Å². The van der Waals surface area contributed by atoms with Crippen LogP contribution in [0.25, 0.3) is 11.0 Å². The van der Waals surface area contributed by atoms with Crippen molar-refractivity contribution in [2.75, 3.05) is 11.9 Å². The summed E-state index contributed by atoms with van der Waals surface area (Å²) in [4.78, 5) is 12.1. The van der Waals surface area contributed by atoms with Crippen LogP contribution in [0, 0.1) is 0 Å². The summed E-state index contributed by atoms with van der Waals surface area (Å²) in [5.74, 6) is -0.0603. The van der Waals surface area contributed by atoms with E-state index in [9.17, 15) is 4.79 Å². The van der Waals surface area contributed by atoms with Crippen molar-refractivity contribution in [2.24, 2.45) is 0 Å². The normalized spacial score (nSPS) is 19.3. The second kappa shape index (κ2) is 4.79. The van der Waals surface area contributed by atoms with Crippen LogP contribution in [0.3, 0.4) is 0 Å². The van der Waals surface area contributed by atoms with E-state index in [1.54, 1.807) is 12.1 Å². The van der Waals surface area contributed by atoms with Crippen LogP contribution in [-0.4, -0.2) is 27.2 Å². The number of fused-ring (bicyclic) bond motifs is 1. The first-order valence-corrected chi connectivity index (χ1v) is 6.81. The Morgan fingerprint density at radius 3 is 3.17 bits per heavy atom. The van der Waals surface area contributed by atoms with Gasteiger partial charge < -0.3 is 10.6 Å². The van der Waals surface area contributed by atoms with E-state index in [0.717, 1.165) is 36.6 Å². The maximum atomic E-state index is 12.1. The molecule has 1 amide bonds. The number of amides is 1. The lowest BCUT2D eigenvalue weighted by molar-refractivity contribution is -0.117. The highest BCUT2D eigenvalue weighted by atomic mass is 35.5. The number of carbonyl (C=O) groups excluding carboxylic acids is 1. The largest absolute Gasteiger partial charge is 0.322 e. The molecule has 2 aromatic rings. The molecular weight excluding hydrogens is 272 g/mol. The molecule has 0 spiro atoms. The van der Waals surface area contributed by atoms with Gasteiger partial charge in [-0.15, -0.1) is 0 Å². The van der Waals surface area contributed by atoms with E-state index in [1.165, 1.54) is 0 Å². The van der Waals surface area contributed by atoms with Crippen molar-refractivity contribution in [1.29, 1.82) is 0 Å². The molecule has 0 unspecified atom stereocenters. The molecule has 1 aliphatic rings. The molecule has 18 heavy (non-hydrogen) atoms. The predicted octanol–water partition coefficient (Wildman–Crippen LogP) is 2.04. The fourth-order valence-electron chi connectivity index (χ4n) is 2.06. The third-order valence-electron chi connectivity index (χ3n) is 3.00. The van der Waals surface area contributed by atoms with Crippen LogP contribution in [0.2, 0.25) is 5.02 Å². The Hall–Kier alpha value is -1.24. The molecule has 1 aromatic carbocycles. The van der Waals surface area contributed by atoms with Gasteiger partial charge in [-0.2, -0.15) is 8.75 Å². The van der Waals surface area contributed by atoms with Gasteiger partial charge in [0.1, 0.15) is 11.0 Å². The topological polar surface area (TPSA) is 66.9 Å². The number of nitrogens with one attached hydrogen (secondary N) is 2. The molecule has 0 radical (unpaired) electrons. The summed E-state index contributed by atoms with van der Waals surface area (Å²) in [6.45, 7) is 0.883. The van der Waals surface area contributed by atoms with Crippen molar-refractivity contribution in [2.45, 2.75) is 18.9 Å². The fraction of sp³-hybridized carbons (Fsp3) is 0.364. The summed E-state index contributed by atoms with van der Waals surface area (Å²) >= 11 is 7.22. The van der Waals surface area contributed by atoms with Crippen LogP contribution >= 0.6 is 23.3 Å². The average Bonchev–Trinajstić information content (AvgIpc) is 3.02. The average molecular weight is 283 g/mol. The van der Waals surface area contributed by atoms with Crippen LogP contribution in [0.4, 0.5) is 5.69 Å². The number of aromatic nitrogens is 2. The first-order valence-electron chi connectivity index (χ1n) is 5.71. The van der Waals surface area contributed by atoms with Gasteiger partial charge in [0.25, 0.3) is 0 Å². The van der Waals surface area contributed by atoms with Crippen molar-refractivity contribution in [3.8, 4) is 0 Å². The zero-order chi connectivity index (χ0) is 12.5. The molecule has 0 saturated carbocycles. The molecule has 1 fully saturated rings. The van der Waals surface area contributed by atoms with Crippen LogP contribution in [0.1, 0.15) is 12.8 Å². The van der Waals surface area contributed by atoms with Gasteiger partial charge in [-0.25, -0.2) is 0 Å². The van der Waals surface area contributed by atoms with E-state index in [0.29, 0.717) is 16.2 Å². The third-order valence-corrected chi connectivity index (χ3v) is 3.86. The van der Waals surface area contributed by atoms with Crippen molar-refractivity contribution in [3.63, 3.8) is 0 Å². The van der Waals surface area contributed by atoms with Crippen molar-refractivity contribution in [1.82, 2.24) is 14.1 Å². The van der Waals surface area contributed by atoms with Gasteiger partial charge in [-0.05, 0) is 31.5 Å². The number of carbonyl (C=O) groups is 1. The number of benzene rings is 1. The molecule has 1 atom stereocenters. The highest BCUT2D eigenvalue weighted by Crippen LogP contribution is 2.30. The molecule has 3 rings (SSSR count). The van der Waals surface area contributed by atoms with Crippen LogP contribution in [-0.2, 0) is 4.79 Å². The van der Waals surface area contributed by atoms with Gasteiger partial charge >= 0.3 is 0 Å². The molecule has 0 bridgehead atoms. The highest BCUT2D eigenvalue weighted by Gasteiger charge is 2.23. The molecular formula is C11H11ClN4OS. The molecule has 1 saturated heterocycles. The highest BCUT2D eigenvalue weighted by molar-refractivity contribution is 7.00. The van der Waals surface area contributed by atoms with Crippen LogP contribution in [0.15, 0.2) is 12.1 Å². The molecule has 2 heterocycles. The van der Waals surface area contributed by atoms with E-state index in [-0.39, 0.29) is 11.9 Å². The van der Waals surface area contributed by atoms with Crippen LogP contribution in [0.5, 0.6) is 0 Å². The maximum absolute atomic E-state index is 12.1. The molecule has 1 aliphatic heterocycles. The minimum Gasteiger partial charge on any atom is -0.322 e. The summed E-state index contributed by atoms with van der Waals surface area (Å²) in [5.41, 5.74) is 1.96. The van der Waals surface area contributed by atoms with Gasteiger partial charge in [0.15, 0.2) is 0 Å². The molecule has 94 valence electrons. The predicted molar refractivity (Wildman–Crippen MR) is 72.1 cm³/mol. The number of nitrogens with zero attached hydrogens (tertiary/aromatic N) is 2. The summed E-state index contributed by atoms with van der Waals surface area (Å²) in [5, 5.41) is 6.49. The first-order chi connectivity index (χ1) is 8.75. The lowest BCUT2D eigenvalue weighted by Gasteiger charge is -2.12. The summed E-state index contributed by atoms with van der Waals surface area (Å²) in [7, 11) is 0. The minimum absolute atomic E-state index is 0.0603. The molecule has 5 nitrogen and oxygen atoms in total. The summed E-state index contributed by atoms with van der Waals surface area (Å²) in [6, 6.07) is 3.39. The second-order valence-corrected chi connectivity index (χ2v) is 5.13. The molecule has 0 aliphatic carbocycles. The van der Waals surface area contributed by atoms with Gasteiger partial charge in [0.2, 0.25) is 5.91 Å². The van der Waals surface area contributed by atoms with Gasteiger partial charge in [-0.1, -0.05) is 11.6 Å². The van der Waals surface area contributed by atoms with E-state index >= 15 is 0 Å². The number of anilines is 1. The lowest BCUT2D eigenvalue weighted by atomic mass is 10.2. The van der Waals surface area contributed by atoms with Crippen molar-refractivity contribution in [3.05, 3.63) is 17.2 Å². The Bertz CT molecular complexity index is 594. The Morgan fingerprint density at radius 1 is 1.50 bits per heavy atom. The smallest absolute Gasteiger partial charge is 0.241 e. The van der Waals surface area contributed by atoms with E-state index in [1.807, 2.05) is 0 Å². The van der Waals surface area contributed by atoms with Gasteiger partial charge in [-0.3, -0.25) is 4.79 Å². The standard InChI is InChI=1S/C11H11ClN4OS/c12-6-3-4-7-10(16-18-15-7)9(6)14-11(17)8-2-1-5-13-8/h3-4,8,13H,1-2,5H2,(H,14,17)/t8-/m0/s1. The molecule has 2 N–H and O–H groups in total. The minimum atomic E-state index is -0.136. The fourth-order valence-corrected chi connectivity index (χ4v) is 2.81. The van der Waals surface area contributed by atoms with E-state index in [4.69, 9.17) is 11.6 Å². The molecule has 1 aromatic heterocycles. The summed E-state index contributed by atoms with van der Waals surface area (Å²) in [6.07, 6.45) is 1.88. The van der Waals surface area contributed by atoms with E-state index in [2.05, 4.69) is 19.4 Å². The zero-order valence-corrected chi connectivity index (χ0v) is 11.0. The third kappa shape index (κ3) is 2.07. The second-order valence-electron chi connectivity index (χ2n) is 4.19. The van der Waals surface area contributed by atoms with Crippen molar-refractivity contribution < 1.29 is 4.79 Å². The molecule has 7 heteroatoms. The number of hydrogen-bond acceptors (Lipinski definition) is 5. The van der Waals surface area contributed by atoms with Crippen LogP contribution < -0.4 is 10.6 Å². The zero-order valence-electron chi connectivity index (χ0n) is 9.44. The quantitative estimate of drug-likeness (QED) is 0.884. The van der Waals surface area contributed by atoms with Gasteiger partial charge in [0.05, 0.1) is 28.5 Å². The number of hydrogen-bond donors (Lipinski definition) is 2.